The first kappa shape index (κ1) is 14.6. The molecule has 0 unspecified atom stereocenters. The minimum Gasteiger partial charge on any atom is -0.192 e. The van der Waals surface area contributed by atoms with Crippen LogP contribution in [0, 0.1) is 22.7 Å². The van der Waals surface area contributed by atoms with Gasteiger partial charge in [0, 0.05) is 0 Å². The SMILES string of the molecule is N#CC1=C(C#N)C=C(c2ccccc2)CC(c2ccccc2)=C1. The molecule has 0 aromatic heterocycles. The first-order chi connectivity index (χ1) is 11.3. The fourth-order valence-electron chi connectivity index (χ4n) is 2.67. The molecule has 0 fully saturated rings. The molecule has 2 nitrogen and oxygen atoms in total. The number of benzene rings is 2. The van der Waals surface area contributed by atoms with Gasteiger partial charge in [-0.25, -0.2) is 0 Å². The van der Waals surface area contributed by atoms with Gasteiger partial charge in [0.05, 0.1) is 11.1 Å². The molecule has 1 aliphatic rings. The first-order valence-electron chi connectivity index (χ1n) is 7.38. The van der Waals surface area contributed by atoms with Crippen molar-refractivity contribution >= 4 is 11.1 Å². The monoisotopic (exact) mass is 294 g/mol. The summed E-state index contributed by atoms with van der Waals surface area (Å²) in [5.41, 5.74) is 5.06. The maximum Gasteiger partial charge on any atom is 0.101 e. The van der Waals surface area contributed by atoms with Crippen molar-refractivity contribution in [1.82, 2.24) is 0 Å². The second-order valence-corrected chi connectivity index (χ2v) is 5.30. The minimum absolute atomic E-state index is 0.414. The van der Waals surface area contributed by atoms with Gasteiger partial charge < -0.3 is 0 Å². The Hall–Kier alpha value is -3.36. The van der Waals surface area contributed by atoms with E-state index in [1.165, 1.54) is 0 Å². The average Bonchev–Trinajstić information content (AvgIpc) is 2.82. The van der Waals surface area contributed by atoms with E-state index in [1.807, 2.05) is 72.8 Å². The summed E-state index contributed by atoms with van der Waals surface area (Å²) < 4.78 is 0. The third kappa shape index (κ3) is 3.12. The molecular formula is C21H14N2. The van der Waals surface area contributed by atoms with E-state index in [9.17, 15) is 10.5 Å². The van der Waals surface area contributed by atoms with E-state index >= 15 is 0 Å². The van der Waals surface area contributed by atoms with Crippen LogP contribution in [-0.4, -0.2) is 0 Å². The number of hydrogen-bond acceptors (Lipinski definition) is 2. The van der Waals surface area contributed by atoms with Crippen LogP contribution in [0.3, 0.4) is 0 Å². The summed E-state index contributed by atoms with van der Waals surface area (Å²) in [5.74, 6) is 0. The van der Waals surface area contributed by atoms with Crippen LogP contribution < -0.4 is 0 Å². The summed E-state index contributed by atoms with van der Waals surface area (Å²) in [7, 11) is 0. The van der Waals surface area contributed by atoms with Gasteiger partial charge in [-0.2, -0.15) is 10.5 Å². The molecule has 2 aromatic rings. The zero-order chi connectivity index (χ0) is 16.1. The van der Waals surface area contributed by atoms with Crippen LogP contribution in [-0.2, 0) is 0 Å². The molecule has 108 valence electrons. The highest BCUT2D eigenvalue weighted by atomic mass is 14.3. The zero-order valence-electron chi connectivity index (χ0n) is 12.5. The zero-order valence-corrected chi connectivity index (χ0v) is 12.5. The molecule has 0 saturated heterocycles. The van der Waals surface area contributed by atoms with Crippen molar-refractivity contribution in [3.8, 4) is 12.1 Å². The molecule has 0 saturated carbocycles. The lowest BCUT2D eigenvalue weighted by molar-refractivity contribution is 1.39. The van der Waals surface area contributed by atoms with Gasteiger partial charge in [0.1, 0.15) is 12.1 Å². The number of allylic oxidation sites excluding steroid dienone is 6. The van der Waals surface area contributed by atoms with Gasteiger partial charge in [0.15, 0.2) is 0 Å². The predicted octanol–water partition coefficient (Wildman–Crippen LogP) is 4.90. The van der Waals surface area contributed by atoms with E-state index in [4.69, 9.17) is 0 Å². The van der Waals surface area contributed by atoms with Gasteiger partial charge in [0.25, 0.3) is 0 Å². The summed E-state index contributed by atoms with van der Waals surface area (Å²) in [6.07, 6.45) is 4.35. The topological polar surface area (TPSA) is 47.6 Å². The largest absolute Gasteiger partial charge is 0.192 e. The van der Waals surface area contributed by atoms with Crippen LogP contribution in [0.1, 0.15) is 17.5 Å². The number of hydrogen-bond donors (Lipinski definition) is 0. The predicted molar refractivity (Wildman–Crippen MR) is 91.7 cm³/mol. The third-order valence-corrected chi connectivity index (χ3v) is 3.84. The maximum absolute atomic E-state index is 9.41. The summed E-state index contributed by atoms with van der Waals surface area (Å²) in [6, 6.07) is 24.3. The van der Waals surface area contributed by atoms with Crippen LogP contribution in [0.2, 0.25) is 0 Å². The van der Waals surface area contributed by atoms with Gasteiger partial charge in [-0.15, -0.1) is 0 Å². The van der Waals surface area contributed by atoms with Crippen molar-refractivity contribution in [3.05, 3.63) is 95.1 Å². The molecule has 0 spiro atoms. The minimum atomic E-state index is 0.414. The van der Waals surface area contributed by atoms with E-state index in [0.29, 0.717) is 17.6 Å². The molecule has 0 amide bonds. The molecule has 0 radical (unpaired) electrons. The fraction of sp³-hybridized carbons (Fsp3) is 0.0476. The molecular weight excluding hydrogens is 280 g/mol. The molecule has 1 aliphatic carbocycles. The highest BCUT2D eigenvalue weighted by Crippen LogP contribution is 2.33. The Kier molecular flexibility index (Phi) is 4.18. The summed E-state index contributed by atoms with van der Waals surface area (Å²) in [5, 5.41) is 18.8. The van der Waals surface area contributed by atoms with Crippen LogP contribution in [0.25, 0.3) is 11.1 Å². The van der Waals surface area contributed by atoms with Crippen molar-refractivity contribution in [2.45, 2.75) is 6.42 Å². The fourth-order valence-corrected chi connectivity index (χ4v) is 2.67. The Morgan fingerprint density at radius 1 is 0.609 bits per heavy atom. The molecule has 2 heteroatoms. The molecule has 0 bridgehead atoms. The van der Waals surface area contributed by atoms with Crippen molar-refractivity contribution in [1.29, 1.82) is 10.5 Å². The smallest absolute Gasteiger partial charge is 0.101 e. The molecule has 0 heterocycles. The van der Waals surface area contributed by atoms with Crippen molar-refractivity contribution in [2.24, 2.45) is 0 Å². The van der Waals surface area contributed by atoms with Gasteiger partial charge in [-0.1, -0.05) is 60.7 Å². The summed E-state index contributed by atoms with van der Waals surface area (Å²) in [6.45, 7) is 0. The number of nitrogens with zero attached hydrogens (tertiary/aromatic N) is 2. The Morgan fingerprint density at radius 3 is 1.35 bits per heavy atom. The van der Waals surface area contributed by atoms with Crippen molar-refractivity contribution in [3.63, 3.8) is 0 Å². The highest BCUT2D eigenvalue weighted by molar-refractivity contribution is 5.85. The molecule has 3 rings (SSSR count). The molecule has 0 atom stereocenters. The lowest BCUT2D eigenvalue weighted by Gasteiger charge is -2.10. The van der Waals surface area contributed by atoms with E-state index < -0.39 is 0 Å². The maximum atomic E-state index is 9.41. The Morgan fingerprint density at radius 2 is 1.00 bits per heavy atom. The lowest BCUT2D eigenvalue weighted by Crippen LogP contribution is -1.89. The quantitative estimate of drug-likeness (QED) is 0.790. The van der Waals surface area contributed by atoms with Crippen molar-refractivity contribution in [2.75, 3.05) is 0 Å². The van der Waals surface area contributed by atoms with Gasteiger partial charge in [0.2, 0.25) is 0 Å². The highest BCUT2D eigenvalue weighted by Gasteiger charge is 2.15. The average molecular weight is 294 g/mol. The Bertz CT molecular complexity index is 811. The van der Waals surface area contributed by atoms with Crippen LogP contribution in [0.15, 0.2) is 84.0 Å². The normalized spacial score (nSPS) is 14.2. The van der Waals surface area contributed by atoms with Crippen LogP contribution in [0.4, 0.5) is 0 Å². The van der Waals surface area contributed by atoms with Crippen molar-refractivity contribution < 1.29 is 0 Å². The second kappa shape index (κ2) is 6.60. The molecule has 23 heavy (non-hydrogen) atoms. The van der Waals surface area contributed by atoms with Gasteiger partial charge in [-0.05, 0) is 40.8 Å². The Labute approximate surface area is 135 Å². The van der Waals surface area contributed by atoms with E-state index in [2.05, 4.69) is 12.1 Å². The standard InChI is InChI=1S/C21H14N2/c22-14-20-12-18(16-7-3-1-4-8-16)11-19(13-21(20)15-23)17-9-5-2-6-10-17/h1-10,12-13H,11H2. The summed E-state index contributed by atoms with van der Waals surface area (Å²) in [4.78, 5) is 0. The first-order valence-corrected chi connectivity index (χ1v) is 7.38. The third-order valence-electron chi connectivity index (χ3n) is 3.84. The molecule has 0 aliphatic heterocycles. The summed E-state index contributed by atoms with van der Waals surface area (Å²) >= 11 is 0. The Balaban J connectivity index is 2.16. The van der Waals surface area contributed by atoms with Crippen LogP contribution in [0.5, 0.6) is 0 Å². The second-order valence-electron chi connectivity index (χ2n) is 5.30. The lowest BCUT2D eigenvalue weighted by atomic mass is 9.94. The molecule has 0 N–H and O–H groups in total. The van der Waals surface area contributed by atoms with Gasteiger partial charge >= 0.3 is 0 Å². The van der Waals surface area contributed by atoms with E-state index in [1.54, 1.807) is 0 Å². The van der Waals surface area contributed by atoms with E-state index in [0.717, 1.165) is 22.3 Å². The van der Waals surface area contributed by atoms with Crippen LogP contribution >= 0.6 is 0 Å². The van der Waals surface area contributed by atoms with Gasteiger partial charge in [-0.3, -0.25) is 0 Å². The number of rotatable bonds is 2. The molecule has 2 aromatic carbocycles. The number of nitriles is 2. The van der Waals surface area contributed by atoms with E-state index in [-0.39, 0.29) is 0 Å².